The van der Waals surface area contributed by atoms with Crippen molar-refractivity contribution in [1.29, 1.82) is 0 Å². The van der Waals surface area contributed by atoms with Crippen LogP contribution in [0.25, 0.3) is 0 Å². The molecule has 1 aromatic carbocycles. The van der Waals surface area contributed by atoms with Crippen LogP contribution < -0.4 is 0 Å². The standard InChI is InChI=1S/C39H60O4S.C33H56O2/c1-6-38(40)19-17-31-28(25-38)12-13-33-32(31)16-18-37(5)34(14-15-35(33)37)27(2)24-30(44(42,43)29-10-8-7-9-11-29)26-39(41)22-20-36(3,4)21-23-39;1-6-32(34)17-14-25-24(22-32)9-10-27-26(25)13-16-31(5)28(11-12-29(27)31)23(2)8-7-15-33(35)20-18-30(3,4)19-21-33/h7-12,27,30-35,40-41H,6,13-26H2,1-5H3;9,23,25-29,34-35H,6-8,10-22H2,1-5H3/t27-,30?,31+,32-,33-,34-,35+,37-,38+;23-,25+,26-,27-,28-,29+,31-,32+/m11/s1. The molecule has 0 spiro atoms. The molecule has 8 saturated carbocycles. The highest BCUT2D eigenvalue weighted by atomic mass is 32.2. The van der Waals surface area contributed by atoms with E-state index in [1.54, 1.807) is 23.3 Å². The van der Waals surface area contributed by atoms with E-state index in [9.17, 15) is 28.8 Å². The van der Waals surface area contributed by atoms with Crippen LogP contribution in [0.5, 0.6) is 0 Å². The zero-order chi connectivity index (χ0) is 56.6. The number of hydrogen-bond acceptors (Lipinski definition) is 6. The number of fused-ring (bicyclic) bond motifs is 10. The van der Waals surface area contributed by atoms with Gasteiger partial charge < -0.3 is 20.4 Å². The van der Waals surface area contributed by atoms with E-state index in [1.807, 2.05) is 18.2 Å². The molecule has 0 bridgehead atoms. The predicted octanol–water partition coefficient (Wildman–Crippen LogP) is 17.4. The Morgan fingerprint density at radius 2 is 0.975 bits per heavy atom. The molecule has 10 aliphatic carbocycles. The molecule has 10 aliphatic rings. The third kappa shape index (κ3) is 12.2. The predicted molar refractivity (Wildman–Crippen MR) is 325 cm³/mol. The van der Waals surface area contributed by atoms with Crippen molar-refractivity contribution in [3.63, 3.8) is 0 Å². The third-order valence-corrected chi connectivity index (χ3v) is 29.3. The average molecular weight is 1110 g/mol. The molecule has 1 aromatic rings. The molecule has 0 saturated heterocycles. The Morgan fingerprint density at radius 3 is 1.44 bits per heavy atom. The van der Waals surface area contributed by atoms with Crippen molar-refractivity contribution in [3.8, 4) is 0 Å². The van der Waals surface area contributed by atoms with Crippen molar-refractivity contribution in [2.75, 3.05) is 0 Å². The molecule has 1 unspecified atom stereocenters. The molecule has 11 rings (SSSR count). The van der Waals surface area contributed by atoms with Gasteiger partial charge in [-0.2, -0.15) is 0 Å². The molecule has 8 fully saturated rings. The Bertz CT molecular complexity index is 2420. The Labute approximate surface area is 483 Å². The van der Waals surface area contributed by atoms with Gasteiger partial charge in [-0.1, -0.05) is 124 Å². The second-order valence-electron chi connectivity index (χ2n) is 32.7. The SMILES string of the molecule is CC[C@]1(O)CC[C@H]2C(=CC[C@@H]3[C@@H]2CC[C@]2(C)[C@@H]([C@H](C)CC(CC4(O)CCC(C)(C)CC4)S(=O)(=O)c4ccccc4)CC[C@@H]32)C1.CC[C@]1(O)CC[C@H]2C(=CC[C@@H]3[C@@H]2CC[C@]2(C)[C@@H]([C@H](C)CCCC4(O)CCC(C)(C)CC4)CC[C@@H]32)C1. The highest BCUT2D eigenvalue weighted by Gasteiger charge is 2.59. The summed E-state index contributed by atoms with van der Waals surface area (Å²) in [5.41, 5.74) is 2.37. The Morgan fingerprint density at radius 1 is 0.519 bits per heavy atom. The number of allylic oxidation sites excluding steroid dienone is 2. The van der Waals surface area contributed by atoms with Crippen LogP contribution in [0.15, 0.2) is 58.5 Å². The maximum atomic E-state index is 14.2. The van der Waals surface area contributed by atoms with E-state index in [2.05, 4.69) is 81.4 Å². The lowest BCUT2D eigenvalue weighted by atomic mass is 9.50. The summed E-state index contributed by atoms with van der Waals surface area (Å²) in [6.07, 6.45) is 38.3. The van der Waals surface area contributed by atoms with Crippen molar-refractivity contribution in [2.45, 2.75) is 301 Å². The lowest BCUT2D eigenvalue weighted by Gasteiger charge is -2.55. The number of sulfone groups is 1. The summed E-state index contributed by atoms with van der Waals surface area (Å²) in [7, 11) is -3.57. The van der Waals surface area contributed by atoms with Gasteiger partial charge in [0.1, 0.15) is 0 Å². The number of rotatable bonds is 14. The summed E-state index contributed by atoms with van der Waals surface area (Å²) < 4.78 is 28.5. The Hall–Kier alpha value is -1.51. The third-order valence-electron chi connectivity index (χ3n) is 27.1. The summed E-state index contributed by atoms with van der Waals surface area (Å²) in [4.78, 5) is 0.403. The van der Waals surface area contributed by atoms with Crippen molar-refractivity contribution in [1.82, 2.24) is 0 Å². The van der Waals surface area contributed by atoms with E-state index in [-0.39, 0.29) is 22.3 Å². The molecule has 0 amide bonds. The van der Waals surface area contributed by atoms with Gasteiger partial charge in [-0.05, 0) is 291 Å². The van der Waals surface area contributed by atoms with Crippen LogP contribution in [0.4, 0.5) is 0 Å². The van der Waals surface area contributed by atoms with Crippen LogP contribution in [0, 0.1) is 92.7 Å². The molecule has 0 heterocycles. The van der Waals surface area contributed by atoms with Crippen LogP contribution in [-0.4, -0.2) is 56.5 Å². The van der Waals surface area contributed by atoms with E-state index in [0.717, 1.165) is 131 Å². The molecule has 7 heteroatoms. The summed E-state index contributed by atoms with van der Waals surface area (Å²) in [6, 6.07) is 9.01. The van der Waals surface area contributed by atoms with Crippen LogP contribution in [0.1, 0.15) is 268 Å². The highest BCUT2D eigenvalue weighted by molar-refractivity contribution is 7.92. The molecular formula is C72H116O6S. The van der Waals surface area contributed by atoms with Gasteiger partial charge in [0.15, 0.2) is 9.84 Å². The Kier molecular flexibility index (Phi) is 17.4. The molecule has 4 N–H and O–H groups in total. The van der Waals surface area contributed by atoms with Gasteiger partial charge in [0.25, 0.3) is 0 Å². The minimum atomic E-state index is -3.57. The quantitative estimate of drug-likeness (QED) is 0.138. The fourth-order valence-corrected chi connectivity index (χ4v) is 23.6. The van der Waals surface area contributed by atoms with Gasteiger partial charge >= 0.3 is 0 Å². The summed E-state index contributed by atoms with van der Waals surface area (Å²) in [5, 5.41) is 44.4. The van der Waals surface area contributed by atoms with E-state index in [1.165, 1.54) is 89.9 Å². The normalized spacial score (nSPS) is 41.9. The van der Waals surface area contributed by atoms with Crippen LogP contribution in [0.2, 0.25) is 0 Å². The van der Waals surface area contributed by atoms with Crippen LogP contribution in [0.3, 0.4) is 0 Å². The summed E-state index contributed by atoms with van der Waals surface area (Å²) in [5.74, 6) is 8.74. The first-order chi connectivity index (χ1) is 37.2. The van der Waals surface area contributed by atoms with Gasteiger partial charge in [-0.25, -0.2) is 8.42 Å². The van der Waals surface area contributed by atoms with Crippen molar-refractivity contribution in [2.24, 2.45) is 92.7 Å². The highest BCUT2D eigenvalue weighted by Crippen LogP contribution is 2.67. The largest absolute Gasteiger partial charge is 0.390 e. The lowest BCUT2D eigenvalue weighted by molar-refractivity contribution is -0.0484. The second-order valence-corrected chi connectivity index (χ2v) is 34.9. The van der Waals surface area contributed by atoms with E-state index >= 15 is 0 Å². The fraction of sp³-hybridized carbons (Fsp3) is 0.861. The molecule has 0 aliphatic heterocycles. The van der Waals surface area contributed by atoms with Crippen LogP contribution >= 0.6 is 0 Å². The van der Waals surface area contributed by atoms with E-state index < -0.39 is 31.9 Å². The van der Waals surface area contributed by atoms with Gasteiger partial charge in [0.05, 0.1) is 32.5 Å². The fourth-order valence-electron chi connectivity index (χ4n) is 21.6. The van der Waals surface area contributed by atoms with Gasteiger partial charge in [-0.15, -0.1) is 0 Å². The molecule has 0 radical (unpaired) electrons. The lowest BCUT2D eigenvalue weighted by Crippen LogP contribution is -2.48. The monoisotopic (exact) mass is 1110 g/mol. The minimum absolute atomic E-state index is 0.212. The summed E-state index contributed by atoms with van der Waals surface area (Å²) in [6.45, 7) is 23.7. The molecule has 79 heavy (non-hydrogen) atoms. The zero-order valence-corrected chi connectivity index (χ0v) is 52.8. The topological polar surface area (TPSA) is 115 Å². The zero-order valence-electron chi connectivity index (χ0n) is 52.0. The number of benzene rings is 1. The molecule has 17 atom stereocenters. The van der Waals surface area contributed by atoms with Gasteiger partial charge in [0, 0.05) is 0 Å². The molecule has 446 valence electrons. The van der Waals surface area contributed by atoms with E-state index in [4.69, 9.17) is 0 Å². The van der Waals surface area contributed by atoms with Crippen molar-refractivity contribution >= 4 is 9.84 Å². The Balaban J connectivity index is 0.000000183. The van der Waals surface area contributed by atoms with Crippen molar-refractivity contribution < 1.29 is 28.8 Å². The number of hydrogen-bond donors (Lipinski definition) is 4. The van der Waals surface area contributed by atoms with Gasteiger partial charge in [-0.3, -0.25) is 0 Å². The van der Waals surface area contributed by atoms with Crippen LogP contribution in [-0.2, 0) is 9.84 Å². The van der Waals surface area contributed by atoms with Crippen molar-refractivity contribution in [3.05, 3.63) is 53.6 Å². The molecule has 0 aromatic heterocycles. The summed E-state index contributed by atoms with van der Waals surface area (Å²) >= 11 is 0. The number of aliphatic hydroxyl groups is 4. The molecule has 6 nitrogen and oxygen atoms in total. The second kappa shape index (κ2) is 22.7. The van der Waals surface area contributed by atoms with E-state index in [0.29, 0.717) is 59.2 Å². The van der Waals surface area contributed by atoms with Gasteiger partial charge in [0.2, 0.25) is 0 Å². The maximum Gasteiger partial charge on any atom is 0.181 e. The molecular weight excluding hydrogens is 993 g/mol. The maximum absolute atomic E-state index is 14.2. The first-order valence-corrected chi connectivity index (χ1v) is 35.3. The first-order valence-electron chi connectivity index (χ1n) is 33.7. The smallest absolute Gasteiger partial charge is 0.181 e. The first kappa shape index (κ1) is 60.6. The minimum Gasteiger partial charge on any atom is -0.390 e. The average Bonchev–Trinajstić information content (AvgIpc) is 3.98.